The van der Waals surface area contributed by atoms with E-state index >= 15 is 0 Å². The highest BCUT2D eigenvalue weighted by atomic mass is 16.5. The Morgan fingerprint density at radius 1 is 0.970 bits per heavy atom. The van der Waals surface area contributed by atoms with Gasteiger partial charge in [-0.2, -0.15) is 0 Å². The van der Waals surface area contributed by atoms with Crippen LogP contribution in [-0.2, 0) is 0 Å². The molecule has 0 amide bonds. The number of hydrogen-bond donors (Lipinski definition) is 0. The van der Waals surface area contributed by atoms with Crippen molar-refractivity contribution in [2.45, 2.75) is 37.8 Å². The van der Waals surface area contributed by atoms with E-state index in [9.17, 15) is 4.79 Å². The van der Waals surface area contributed by atoms with Crippen molar-refractivity contribution in [3.05, 3.63) is 101 Å². The van der Waals surface area contributed by atoms with Crippen LogP contribution < -0.4 is 10.2 Å². The Balaban J connectivity index is 1.51. The molecule has 168 valence electrons. The standard InChI is InChI=1S/C29H29NO3/c1-30-18-9-8-15-23(30)19-27(21-11-4-2-5-12-21)32-25-16-10-17-26-29(25)24(31)20-28(33-26)22-13-6-3-7-14-22/h2-7,10-14,16-17,20,23,27H,8-9,15,18-19H2,1H3. The predicted octanol–water partition coefficient (Wildman–Crippen LogP) is 6.45. The molecule has 1 saturated heterocycles. The summed E-state index contributed by atoms with van der Waals surface area (Å²) in [5.74, 6) is 1.14. The van der Waals surface area contributed by atoms with Crippen LogP contribution >= 0.6 is 0 Å². The zero-order valence-corrected chi connectivity index (χ0v) is 18.9. The molecule has 0 bridgehead atoms. The van der Waals surface area contributed by atoms with E-state index in [1.165, 1.54) is 19.3 Å². The van der Waals surface area contributed by atoms with Gasteiger partial charge in [-0.25, -0.2) is 0 Å². The van der Waals surface area contributed by atoms with Crippen molar-refractivity contribution in [3.63, 3.8) is 0 Å². The van der Waals surface area contributed by atoms with Gasteiger partial charge in [0.25, 0.3) is 0 Å². The van der Waals surface area contributed by atoms with Gasteiger partial charge in [0.2, 0.25) is 0 Å². The molecule has 4 heteroatoms. The molecule has 5 rings (SSSR count). The second-order valence-electron chi connectivity index (χ2n) is 8.85. The van der Waals surface area contributed by atoms with E-state index in [0.717, 1.165) is 24.1 Å². The maximum absolute atomic E-state index is 13.2. The van der Waals surface area contributed by atoms with Crippen LogP contribution in [0.2, 0.25) is 0 Å². The Bertz CT molecular complexity index is 1270. The summed E-state index contributed by atoms with van der Waals surface area (Å²) < 4.78 is 12.7. The lowest BCUT2D eigenvalue weighted by Gasteiger charge is -2.35. The topological polar surface area (TPSA) is 42.7 Å². The second kappa shape index (κ2) is 9.63. The summed E-state index contributed by atoms with van der Waals surface area (Å²) >= 11 is 0. The first kappa shape index (κ1) is 21.5. The Hall–Kier alpha value is -3.37. The predicted molar refractivity (Wildman–Crippen MR) is 133 cm³/mol. The molecular weight excluding hydrogens is 410 g/mol. The molecule has 0 saturated carbocycles. The van der Waals surface area contributed by atoms with E-state index in [1.54, 1.807) is 6.07 Å². The van der Waals surface area contributed by atoms with E-state index in [-0.39, 0.29) is 11.5 Å². The fraction of sp³-hybridized carbons (Fsp3) is 0.276. The van der Waals surface area contributed by atoms with Gasteiger partial charge in [-0.1, -0.05) is 73.2 Å². The summed E-state index contributed by atoms with van der Waals surface area (Å²) in [6, 6.07) is 27.6. The quantitative estimate of drug-likeness (QED) is 0.346. The Morgan fingerprint density at radius 2 is 1.73 bits per heavy atom. The molecule has 4 aromatic rings. The van der Waals surface area contributed by atoms with Crippen LogP contribution in [-0.4, -0.2) is 24.5 Å². The third-order valence-electron chi connectivity index (χ3n) is 6.62. The van der Waals surface area contributed by atoms with Crippen LogP contribution in [0.5, 0.6) is 5.75 Å². The van der Waals surface area contributed by atoms with Crippen LogP contribution in [0.4, 0.5) is 0 Å². The third kappa shape index (κ3) is 4.71. The zero-order chi connectivity index (χ0) is 22.6. The van der Waals surface area contributed by atoms with Crippen LogP contribution in [0.25, 0.3) is 22.3 Å². The second-order valence-corrected chi connectivity index (χ2v) is 8.85. The van der Waals surface area contributed by atoms with Crippen molar-refractivity contribution in [2.75, 3.05) is 13.6 Å². The maximum atomic E-state index is 13.2. The van der Waals surface area contributed by atoms with Gasteiger partial charge in [-0.15, -0.1) is 0 Å². The minimum atomic E-state index is -0.143. The SMILES string of the molecule is CN1CCCCC1CC(Oc1cccc2oc(-c3ccccc3)cc(=O)c12)c1ccccc1. The fourth-order valence-corrected chi connectivity index (χ4v) is 4.78. The Kier molecular flexibility index (Phi) is 6.27. The minimum absolute atomic E-state index is 0.0905. The van der Waals surface area contributed by atoms with Gasteiger partial charge in [0.1, 0.15) is 28.6 Å². The number of fused-ring (bicyclic) bond motifs is 1. The molecule has 33 heavy (non-hydrogen) atoms. The largest absolute Gasteiger partial charge is 0.485 e. The van der Waals surface area contributed by atoms with Gasteiger partial charge >= 0.3 is 0 Å². The molecule has 1 aliphatic rings. The molecular formula is C29H29NO3. The van der Waals surface area contributed by atoms with E-state index in [4.69, 9.17) is 9.15 Å². The van der Waals surface area contributed by atoms with Crippen LogP contribution in [0.1, 0.15) is 37.4 Å². The molecule has 1 aliphatic heterocycles. The molecule has 0 spiro atoms. The van der Waals surface area contributed by atoms with Crippen molar-refractivity contribution >= 4 is 11.0 Å². The highest BCUT2D eigenvalue weighted by Crippen LogP contribution is 2.34. The molecule has 0 N–H and O–H groups in total. The van der Waals surface area contributed by atoms with Crippen LogP contribution in [0, 0.1) is 0 Å². The Morgan fingerprint density at radius 3 is 2.48 bits per heavy atom. The van der Waals surface area contributed by atoms with Gasteiger partial charge < -0.3 is 14.1 Å². The molecule has 0 radical (unpaired) electrons. The van der Waals surface area contributed by atoms with E-state index in [2.05, 4.69) is 24.1 Å². The van der Waals surface area contributed by atoms with Crippen LogP contribution in [0.3, 0.4) is 0 Å². The maximum Gasteiger partial charge on any atom is 0.197 e. The Labute approximate surface area is 194 Å². The lowest BCUT2D eigenvalue weighted by atomic mass is 9.94. The van der Waals surface area contributed by atoms with Crippen molar-refractivity contribution in [3.8, 4) is 17.1 Å². The molecule has 1 fully saturated rings. The molecule has 0 aliphatic carbocycles. The normalized spacial score (nSPS) is 17.7. The highest BCUT2D eigenvalue weighted by Gasteiger charge is 2.26. The average molecular weight is 440 g/mol. The van der Waals surface area contributed by atoms with Gasteiger partial charge in [0.15, 0.2) is 5.43 Å². The number of nitrogens with zero attached hydrogens (tertiary/aromatic N) is 1. The summed E-state index contributed by atoms with van der Waals surface area (Å²) in [6.07, 6.45) is 4.40. The first-order valence-electron chi connectivity index (χ1n) is 11.7. The molecule has 2 heterocycles. The third-order valence-corrected chi connectivity index (χ3v) is 6.62. The number of hydrogen-bond acceptors (Lipinski definition) is 4. The van der Waals surface area contributed by atoms with E-state index in [0.29, 0.717) is 28.5 Å². The van der Waals surface area contributed by atoms with Crippen molar-refractivity contribution < 1.29 is 9.15 Å². The number of piperidine rings is 1. The molecule has 3 aromatic carbocycles. The van der Waals surface area contributed by atoms with Crippen molar-refractivity contribution in [2.24, 2.45) is 0 Å². The fourth-order valence-electron chi connectivity index (χ4n) is 4.78. The average Bonchev–Trinajstić information content (AvgIpc) is 2.86. The van der Waals surface area contributed by atoms with Crippen molar-refractivity contribution in [1.82, 2.24) is 4.90 Å². The van der Waals surface area contributed by atoms with E-state index in [1.807, 2.05) is 66.7 Å². The monoisotopic (exact) mass is 439 g/mol. The molecule has 4 nitrogen and oxygen atoms in total. The summed E-state index contributed by atoms with van der Waals surface area (Å²) in [6.45, 7) is 1.12. The summed E-state index contributed by atoms with van der Waals surface area (Å²) in [4.78, 5) is 15.6. The first-order valence-corrected chi connectivity index (χ1v) is 11.7. The summed E-state index contributed by atoms with van der Waals surface area (Å²) in [5.41, 5.74) is 2.46. The van der Waals surface area contributed by atoms with Gasteiger partial charge in [-0.05, 0) is 44.1 Å². The lowest BCUT2D eigenvalue weighted by Crippen LogP contribution is -2.37. The highest BCUT2D eigenvalue weighted by molar-refractivity contribution is 5.84. The molecule has 1 aromatic heterocycles. The van der Waals surface area contributed by atoms with Gasteiger partial charge in [0, 0.05) is 24.1 Å². The van der Waals surface area contributed by atoms with E-state index < -0.39 is 0 Å². The van der Waals surface area contributed by atoms with Crippen molar-refractivity contribution in [1.29, 1.82) is 0 Å². The van der Waals surface area contributed by atoms with Gasteiger partial charge in [-0.3, -0.25) is 4.79 Å². The summed E-state index contributed by atoms with van der Waals surface area (Å²) in [5, 5.41) is 0.495. The first-order chi connectivity index (χ1) is 16.2. The minimum Gasteiger partial charge on any atom is -0.485 e. The number of likely N-dealkylation sites (tertiary alicyclic amines) is 1. The number of benzene rings is 3. The zero-order valence-electron chi connectivity index (χ0n) is 18.9. The number of ether oxygens (including phenoxy) is 1. The smallest absolute Gasteiger partial charge is 0.197 e. The lowest BCUT2D eigenvalue weighted by molar-refractivity contribution is 0.110. The van der Waals surface area contributed by atoms with Crippen LogP contribution in [0.15, 0.2) is 94.1 Å². The number of rotatable bonds is 6. The molecule has 2 unspecified atom stereocenters. The summed E-state index contributed by atoms with van der Waals surface area (Å²) in [7, 11) is 2.20. The molecule has 2 atom stereocenters. The van der Waals surface area contributed by atoms with Gasteiger partial charge in [0.05, 0.1) is 0 Å².